The lowest BCUT2D eigenvalue weighted by Gasteiger charge is -2.07. The second kappa shape index (κ2) is 8.16. The first-order chi connectivity index (χ1) is 12.6. The Kier molecular flexibility index (Phi) is 5.49. The van der Waals surface area contributed by atoms with Crippen LogP contribution in [0.4, 0.5) is 0 Å². The van der Waals surface area contributed by atoms with Crippen molar-refractivity contribution in [1.29, 1.82) is 0 Å². The van der Waals surface area contributed by atoms with Gasteiger partial charge in [-0.25, -0.2) is 4.79 Å². The SMILES string of the molecule is Cc1cccc(C(=O)OCc2cc(=O)c(OCc3ccccc3)co2)c1. The molecule has 3 rings (SSSR count). The topological polar surface area (TPSA) is 65.7 Å². The Morgan fingerprint density at radius 3 is 2.54 bits per heavy atom. The van der Waals surface area contributed by atoms with Crippen molar-refractivity contribution in [1.82, 2.24) is 0 Å². The van der Waals surface area contributed by atoms with E-state index >= 15 is 0 Å². The number of esters is 1. The zero-order chi connectivity index (χ0) is 18.4. The van der Waals surface area contributed by atoms with Crippen LogP contribution in [0.25, 0.3) is 0 Å². The Bertz CT molecular complexity index is 944. The fraction of sp³-hybridized carbons (Fsp3) is 0.143. The van der Waals surface area contributed by atoms with Gasteiger partial charge in [-0.15, -0.1) is 0 Å². The maximum Gasteiger partial charge on any atom is 0.338 e. The van der Waals surface area contributed by atoms with Crippen molar-refractivity contribution in [3.05, 3.63) is 99.6 Å². The van der Waals surface area contributed by atoms with E-state index in [4.69, 9.17) is 13.9 Å². The van der Waals surface area contributed by atoms with E-state index in [1.165, 1.54) is 12.3 Å². The van der Waals surface area contributed by atoms with Gasteiger partial charge in [-0.2, -0.15) is 0 Å². The van der Waals surface area contributed by atoms with Crippen LogP contribution in [-0.2, 0) is 18.0 Å². The zero-order valence-electron chi connectivity index (χ0n) is 14.3. The predicted molar refractivity (Wildman–Crippen MR) is 96.1 cm³/mol. The van der Waals surface area contributed by atoms with E-state index in [1.807, 2.05) is 43.3 Å². The van der Waals surface area contributed by atoms with E-state index in [-0.39, 0.29) is 30.2 Å². The number of benzene rings is 2. The Labute approximate surface area is 150 Å². The first-order valence-corrected chi connectivity index (χ1v) is 8.14. The highest BCUT2D eigenvalue weighted by Gasteiger charge is 2.10. The van der Waals surface area contributed by atoms with Crippen LogP contribution in [0.1, 0.15) is 27.2 Å². The summed E-state index contributed by atoms with van der Waals surface area (Å²) in [5.41, 5.74) is 2.04. The lowest BCUT2D eigenvalue weighted by Crippen LogP contribution is -2.10. The number of aryl methyl sites for hydroxylation is 1. The summed E-state index contributed by atoms with van der Waals surface area (Å²) in [6, 6.07) is 17.9. The second-order valence-electron chi connectivity index (χ2n) is 5.79. The number of hydrogen-bond acceptors (Lipinski definition) is 5. The van der Waals surface area contributed by atoms with Crippen LogP contribution in [0.5, 0.6) is 5.75 Å². The number of hydrogen-bond donors (Lipinski definition) is 0. The minimum Gasteiger partial charge on any atom is -0.482 e. The van der Waals surface area contributed by atoms with E-state index in [0.29, 0.717) is 5.56 Å². The second-order valence-corrected chi connectivity index (χ2v) is 5.79. The standard InChI is InChI=1S/C21H18O5/c1-15-6-5-9-17(10-15)21(23)26-13-18-11-19(22)20(14-24-18)25-12-16-7-3-2-4-8-16/h2-11,14H,12-13H2,1H3. The summed E-state index contributed by atoms with van der Waals surface area (Å²) >= 11 is 0. The molecule has 1 aromatic heterocycles. The summed E-state index contributed by atoms with van der Waals surface area (Å²) in [6.45, 7) is 2.04. The summed E-state index contributed by atoms with van der Waals surface area (Å²) in [5.74, 6) is -0.105. The molecule has 0 N–H and O–H groups in total. The first kappa shape index (κ1) is 17.5. The van der Waals surface area contributed by atoms with Gasteiger partial charge in [0.2, 0.25) is 11.2 Å². The van der Waals surface area contributed by atoms with Crippen LogP contribution in [-0.4, -0.2) is 5.97 Å². The molecule has 0 aliphatic carbocycles. The minimum absolute atomic E-state index is 0.114. The quantitative estimate of drug-likeness (QED) is 0.631. The van der Waals surface area contributed by atoms with Crippen LogP contribution in [0.3, 0.4) is 0 Å². The molecule has 0 radical (unpaired) electrons. The molecule has 0 saturated heterocycles. The third-order valence-corrected chi connectivity index (χ3v) is 3.69. The molecule has 0 fully saturated rings. The van der Waals surface area contributed by atoms with Crippen molar-refractivity contribution in [3.8, 4) is 5.75 Å². The molecule has 0 aliphatic heterocycles. The molecule has 5 nitrogen and oxygen atoms in total. The van der Waals surface area contributed by atoms with Crippen molar-refractivity contribution >= 4 is 5.97 Å². The van der Waals surface area contributed by atoms with Gasteiger partial charge in [-0.1, -0.05) is 48.0 Å². The van der Waals surface area contributed by atoms with Gasteiger partial charge in [0.15, 0.2) is 0 Å². The number of carbonyl (C=O) groups excluding carboxylic acids is 1. The van der Waals surface area contributed by atoms with E-state index < -0.39 is 5.97 Å². The molecule has 0 bridgehead atoms. The monoisotopic (exact) mass is 350 g/mol. The van der Waals surface area contributed by atoms with Crippen LogP contribution < -0.4 is 10.2 Å². The summed E-state index contributed by atoms with van der Waals surface area (Å²) < 4.78 is 16.0. The molecule has 3 aromatic rings. The molecule has 1 heterocycles. The molecule has 0 unspecified atom stereocenters. The Morgan fingerprint density at radius 1 is 1.00 bits per heavy atom. The van der Waals surface area contributed by atoms with E-state index in [9.17, 15) is 9.59 Å². The maximum atomic E-state index is 12.1. The van der Waals surface area contributed by atoms with Crippen molar-refractivity contribution in [2.45, 2.75) is 20.1 Å². The van der Waals surface area contributed by atoms with E-state index in [2.05, 4.69) is 0 Å². The van der Waals surface area contributed by atoms with Crippen LogP contribution in [0.15, 0.2) is 76.1 Å². The van der Waals surface area contributed by atoms with E-state index in [0.717, 1.165) is 11.1 Å². The van der Waals surface area contributed by atoms with Crippen molar-refractivity contribution in [3.63, 3.8) is 0 Å². The zero-order valence-corrected chi connectivity index (χ0v) is 14.3. The minimum atomic E-state index is -0.472. The van der Waals surface area contributed by atoms with E-state index in [1.54, 1.807) is 18.2 Å². The Balaban J connectivity index is 1.59. The molecule has 132 valence electrons. The predicted octanol–water partition coefficient (Wildman–Crippen LogP) is 3.88. The molecule has 0 aliphatic rings. The summed E-state index contributed by atoms with van der Waals surface area (Å²) in [4.78, 5) is 24.1. The normalized spacial score (nSPS) is 10.3. The third kappa shape index (κ3) is 4.60. The fourth-order valence-electron chi connectivity index (χ4n) is 2.35. The molecule has 2 aromatic carbocycles. The molecule has 0 amide bonds. The molecule has 5 heteroatoms. The number of rotatable bonds is 6. The van der Waals surface area contributed by atoms with Gasteiger partial charge in [0.25, 0.3) is 0 Å². The molecule has 0 atom stereocenters. The highest BCUT2D eigenvalue weighted by atomic mass is 16.5. The maximum absolute atomic E-state index is 12.1. The average molecular weight is 350 g/mol. The van der Waals surface area contributed by atoms with Gasteiger partial charge in [-0.05, 0) is 24.6 Å². The highest BCUT2D eigenvalue weighted by molar-refractivity contribution is 5.89. The van der Waals surface area contributed by atoms with Crippen molar-refractivity contribution in [2.75, 3.05) is 0 Å². The lowest BCUT2D eigenvalue weighted by molar-refractivity contribution is 0.0442. The largest absolute Gasteiger partial charge is 0.482 e. The smallest absolute Gasteiger partial charge is 0.338 e. The summed E-state index contributed by atoms with van der Waals surface area (Å²) in [5, 5.41) is 0. The van der Waals surface area contributed by atoms with Gasteiger partial charge in [-0.3, -0.25) is 4.79 Å². The number of carbonyl (C=O) groups is 1. The van der Waals surface area contributed by atoms with Gasteiger partial charge in [0.1, 0.15) is 25.2 Å². The summed E-state index contributed by atoms with van der Waals surface area (Å²) in [7, 11) is 0. The van der Waals surface area contributed by atoms with Crippen molar-refractivity contribution in [2.24, 2.45) is 0 Å². The van der Waals surface area contributed by atoms with Gasteiger partial charge in [0, 0.05) is 6.07 Å². The van der Waals surface area contributed by atoms with Crippen molar-refractivity contribution < 1.29 is 18.7 Å². The van der Waals surface area contributed by atoms with Crippen LogP contribution >= 0.6 is 0 Å². The molecular formula is C21H18O5. The highest BCUT2D eigenvalue weighted by Crippen LogP contribution is 2.11. The lowest BCUT2D eigenvalue weighted by atomic mass is 10.1. The number of ether oxygens (including phenoxy) is 2. The molecular weight excluding hydrogens is 332 g/mol. The van der Waals surface area contributed by atoms with Gasteiger partial charge >= 0.3 is 5.97 Å². The van der Waals surface area contributed by atoms with Gasteiger partial charge in [0.05, 0.1) is 5.56 Å². The Hall–Kier alpha value is -3.34. The first-order valence-electron chi connectivity index (χ1n) is 8.14. The average Bonchev–Trinajstić information content (AvgIpc) is 2.66. The molecule has 26 heavy (non-hydrogen) atoms. The molecule has 0 saturated carbocycles. The van der Waals surface area contributed by atoms with Crippen LogP contribution in [0, 0.1) is 6.92 Å². The van der Waals surface area contributed by atoms with Crippen LogP contribution in [0.2, 0.25) is 0 Å². The van der Waals surface area contributed by atoms with Gasteiger partial charge < -0.3 is 13.9 Å². The Morgan fingerprint density at radius 2 is 1.81 bits per heavy atom. The molecule has 0 spiro atoms. The third-order valence-electron chi connectivity index (χ3n) is 3.69. The summed E-state index contributed by atoms with van der Waals surface area (Å²) in [6.07, 6.45) is 1.24. The fourth-order valence-corrected chi connectivity index (χ4v) is 2.35.